The molecule has 10 heteroatoms. The minimum Gasteiger partial charge on any atom is -0.508 e. The fourth-order valence-electron chi connectivity index (χ4n) is 4.13. The van der Waals surface area contributed by atoms with E-state index >= 15 is 0 Å². The second kappa shape index (κ2) is 12.9. The number of phenols is 1. The van der Waals surface area contributed by atoms with E-state index in [0.717, 1.165) is 31.5 Å². The highest BCUT2D eigenvalue weighted by Gasteiger charge is 2.24. The summed E-state index contributed by atoms with van der Waals surface area (Å²) in [5.41, 5.74) is 8.12. The standard InChI is InChI=1S/C26H32N4O5.ClH/c1-3-35-24(33)10-13-30(23(32)16-19-15-18(25(27)28)6-9-22(19)31)20-7-8-21(17(2)14-20)26(34)29-11-4-5-12-29;/h6-9,14-15,31H,3-5,10-13,16H2,1-2H3,(H3,27,28);1H. The Hall–Kier alpha value is -3.59. The number of ether oxygens (including phenoxy) is 1. The lowest BCUT2D eigenvalue weighted by Gasteiger charge is -2.24. The number of esters is 1. The maximum absolute atomic E-state index is 13.4. The van der Waals surface area contributed by atoms with Crippen molar-refractivity contribution in [1.29, 1.82) is 5.41 Å². The van der Waals surface area contributed by atoms with Gasteiger partial charge in [-0.3, -0.25) is 19.8 Å². The molecule has 2 aromatic rings. The second-order valence-electron chi connectivity index (χ2n) is 8.53. The number of nitrogens with one attached hydrogen (secondary N) is 1. The summed E-state index contributed by atoms with van der Waals surface area (Å²) in [6.07, 6.45) is 1.82. The molecule has 0 radical (unpaired) electrons. The normalized spacial score (nSPS) is 12.6. The molecule has 1 fully saturated rings. The summed E-state index contributed by atoms with van der Waals surface area (Å²) < 4.78 is 5.01. The minimum atomic E-state index is -0.427. The molecular weight excluding hydrogens is 484 g/mol. The number of aromatic hydroxyl groups is 1. The van der Waals surface area contributed by atoms with Gasteiger partial charge in [0.15, 0.2) is 0 Å². The number of benzene rings is 2. The van der Waals surface area contributed by atoms with Crippen molar-refractivity contribution >= 4 is 41.7 Å². The van der Waals surface area contributed by atoms with Crippen LogP contribution < -0.4 is 10.6 Å². The molecule has 0 aromatic heterocycles. The first-order chi connectivity index (χ1) is 16.7. The van der Waals surface area contributed by atoms with Crippen molar-refractivity contribution in [3.63, 3.8) is 0 Å². The van der Waals surface area contributed by atoms with Gasteiger partial charge in [-0.1, -0.05) is 0 Å². The predicted octanol–water partition coefficient (Wildman–Crippen LogP) is 3.17. The fourth-order valence-corrected chi connectivity index (χ4v) is 4.13. The van der Waals surface area contributed by atoms with Crippen LogP contribution in [0.2, 0.25) is 0 Å². The highest BCUT2D eigenvalue weighted by Crippen LogP contribution is 2.25. The molecule has 4 N–H and O–H groups in total. The zero-order chi connectivity index (χ0) is 25.5. The molecular formula is C26H33ClN4O5. The van der Waals surface area contributed by atoms with Crippen molar-refractivity contribution in [1.82, 2.24) is 4.90 Å². The molecule has 194 valence electrons. The third-order valence-corrected chi connectivity index (χ3v) is 6.02. The topological polar surface area (TPSA) is 137 Å². The number of halogens is 1. The number of amides is 2. The van der Waals surface area contributed by atoms with Crippen LogP contribution in [0.1, 0.15) is 53.2 Å². The number of carbonyl (C=O) groups excluding carboxylic acids is 3. The Balaban J connectivity index is 0.00000456. The fraction of sp³-hybridized carbons (Fsp3) is 0.385. The van der Waals surface area contributed by atoms with Crippen LogP contribution in [0.3, 0.4) is 0 Å². The molecule has 2 aromatic carbocycles. The van der Waals surface area contributed by atoms with Gasteiger partial charge in [0.1, 0.15) is 11.6 Å². The second-order valence-corrected chi connectivity index (χ2v) is 8.53. The van der Waals surface area contributed by atoms with Crippen molar-refractivity contribution in [2.45, 2.75) is 39.5 Å². The van der Waals surface area contributed by atoms with Crippen LogP contribution in [0.25, 0.3) is 0 Å². The van der Waals surface area contributed by atoms with Gasteiger partial charge in [0.25, 0.3) is 5.91 Å². The summed E-state index contributed by atoms with van der Waals surface area (Å²) in [5, 5.41) is 17.9. The summed E-state index contributed by atoms with van der Waals surface area (Å²) >= 11 is 0. The molecule has 1 saturated heterocycles. The largest absolute Gasteiger partial charge is 0.508 e. The van der Waals surface area contributed by atoms with Gasteiger partial charge < -0.3 is 25.4 Å². The molecule has 3 rings (SSSR count). The highest BCUT2D eigenvalue weighted by atomic mass is 35.5. The van der Waals surface area contributed by atoms with Crippen LogP contribution >= 0.6 is 12.4 Å². The van der Waals surface area contributed by atoms with Gasteiger partial charge in [0, 0.05) is 42.0 Å². The first-order valence-corrected chi connectivity index (χ1v) is 11.7. The molecule has 0 spiro atoms. The summed E-state index contributed by atoms with van der Waals surface area (Å²) in [5.74, 6) is -1.07. The minimum absolute atomic E-state index is 0. The van der Waals surface area contributed by atoms with Crippen molar-refractivity contribution in [2.75, 3.05) is 31.1 Å². The molecule has 1 aliphatic rings. The number of likely N-dealkylation sites (tertiary alicyclic amines) is 1. The summed E-state index contributed by atoms with van der Waals surface area (Å²) in [6, 6.07) is 9.57. The van der Waals surface area contributed by atoms with E-state index in [1.54, 1.807) is 25.1 Å². The molecule has 0 aliphatic carbocycles. The number of phenolic OH excluding ortho intramolecular Hbond substituents is 1. The summed E-state index contributed by atoms with van der Waals surface area (Å²) in [4.78, 5) is 41.5. The number of hydrogen-bond acceptors (Lipinski definition) is 6. The first-order valence-electron chi connectivity index (χ1n) is 11.7. The third kappa shape index (κ3) is 6.97. The highest BCUT2D eigenvalue weighted by molar-refractivity contribution is 5.99. The van der Waals surface area contributed by atoms with E-state index < -0.39 is 5.97 Å². The molecule has 2 amide bonds. The maximum atomic E-state index is 13.4. The zero-order valence-electron chi connectivity index (χ0n) is 20.6. The van der Waals surface area contributed by atoms with Gasteiger partial charge in [-0.25, -0.2) is 0 Å². The van der Waals surface area contributed by atoms with Gasteiger partial charge in [-0.05, 0) is 68.7 Å². The van der Waals surface area contributed by atoms with Gasteiger partial charge >= 0.3 is 5.97 Å². The number of amidine groups is 1. The van der Waals surface area contributed by atoms with Crippen LogP contribution in [-0.4, -0.2) is 59.9 Å². The number of carbonyl (C=O) groups is 3. The summed E-state index contributed by atoms with van der Waals surface area (Å²) in [6.45, 7) is 5.34. The van der Waals surface area contributed by atoms with Crippen molar-refractivity contribution in [3.05, 3.63) is 58.7 Å². The van der Waals surface area contributed by atoms with Gasteiger partial charge in [0.2, 0.25) is 5.91 Å². The Morgan fingerprint density at radius 1 is 1.14 bits per heavy atom. The van der Waals surface area contributed by atoms with E-state index in [9.17, 15) is 19.5 Å². The van der Waals surface area contributed by atoms with Crippen LogP contribution in [0.4, 0.5) is 5.69 Å². The number of nitrogen functional groups attached to an aromatic ring is 1. The number of anilines is 1. The summed E-state index contributed by atoms with van der Waals surface area (Å²) in [7, 11) is 0. The Morgan fingerprint density at radius 3 is 2.44 bits per heavy atom. The Labute approximate surface area is 217 Å². The zero-order valence-corrected chi connectivity index (χ0v) is 21.4. The predicted molar refractivity (Wildman–Crippen MR) is 140 cm³/mol. The molecule has 1 heterocycles. The van der Waals surface area contributed by atoms with Gasteiger partial charge in [-0.15, -0.1) is 12.4 Å². The Kier molecular flexibility index (Phi) is 10.3. The average Bonchev–Trinajstić information content (AvgIpc) is 3.35. The molecule has 0 saturated carbocycles. The van der Waals surface area contributed by atoms with Crippen molar-refractivity contribution < 1.29 is 24.2 Å². The van der Waals surface area contributed by atoms with E-state index in [4.69, 9.17) is 15.9 Å². The number of rotatable bonds is 9. The SMILES string of the molecule is CCOC(=O)CCN(C(=O)Cc1cc(C(=N)N)ccc1O)c1ccc(C(=O)N2CCCC2)c(C)c1.Cl. The van der Waals surface area contributed by atoms with Crippen LogP contribution in [-0.2, 0) is 20.7 Å². The molecule has 0 unspecified atom stereocenters. The van der Waals surface area contributed by atoms with Crippen molar-refractivity contribution in [3.8, 4) is 5.75 Å². The monoisotopic (exact) mass is 516 g/mol. The molecule has 9 nitrogen and oxygen atoms in total. The average molecular weight is 517 g/mol. The Bertz CT molecular complexity index is 1130. The smallest absolute Gasteiger partial charge is 0.307 e. The first kappa shape index (κ1) is 28.6. The number of nitrogens with zero attached hydrogens (tertiary/aromatic N) is 2. The number of hydrogen-bond donors (Lipinski definition) is 3. The van der Waals surface area contributed by atoms with Crippen molar-refractivity contribution in [2.24, 2.45) is 5.73 Å². The van der Waals surface area contributed by atoms with Crippen LogP contribution in [0.5, 0.6) is 5.75 Å². The van der Waals surface area contributed by atoms with E-state index in [0.29, 0.717) is 22.4 Å². The lowest BCUT2D eigenvalue weighted by Crippen LogP contribution is -2.35. The van der Waals surface area contributed by atoms with E-state index in [1.165, 1.54) is 23.1 Å². The van der Waals surface area contributed by atoms with E-state index in [-0.39, 0.29) is 61.8 Å². The van der Waals surface area contributed by atoms with Gasteiger partial charge in [0.05, 0.1) is 19.4 Å². The van der Waals surface area contributed by atoms with Crippen LogP contribution in [0.15, 0.2) is 36.4 Å². The lowest BCUT2D eigenvalue weighted by molar-refractivity contribution is -0.142. The number of aryl methyl sites for hydroxylation is 1. The lowest BCUT2D eigenvalue weighted by atomic mass is 10.0. The third-order valence-electron chi connectivity index (χ3n) is 6.02. The van der Waals surface area contributed by atoms with E-state index in [1.807, 2.05) is 11.8 Å². The molecule has 36 heavy (non-hydrogen) atoms. The van der Waals surface area contributed by atoms with Crippen LogP contribution in [0, 0.1) is 12.3 Å². The molecule has 1 aliphatic heterocycles. The van der Waals surface area contributed by atoms with E-state index in [2.05, 4.69) is 0 Å². The Morgan fingerprint density at radius 2 is 1.83 bits per heavy atom. The number of nitrogens with two attached hydrogens (primary N) is 1. The molecule has 0 bridgehead atoms. The van der Waals surface area contributed by atoms with Gasteiger partial charge in [-0.2, -0.15) is 0 Å². The quantitative estimate of drug-likeness (QED) is 0.266. The maximum Gasteiger partial charge on any atom is 0.307 e. The molecule has 0 atom stereocenters.